The van der Waals surface area contributed by atoms with Crippen molar-refractivity contribution in [2.24, 2.45) is 5.92 Å². The highest BCUT2D eigenvalue weighted by Crippen LogP contribution is 2.11. The van der Waals surface area contributed by atoms with Gasteiger partial charge in [-0.25, -0.2) is 0 Å². The fraction of sp³-hybridized carbons (Fsp3) is 0.667. The summed E-state index contributed by atoms with van der Waals surface area (Å²) in [6, 6.07) is 0. The van der Waals surface area contributed by atoms with E-state index < -0.39 is 0 Å². The number of allylic oxidation sites excluding steroid dienone is 2. The Kier molecular flexibility index (Phi) is 4.91. The number of rotatable bonds is 4. The minimum absolute atomic E-state index is 0.428. The first-order chi connectivity index (χ1) is 4.76. The number of carbonyl (C=O) groups excluding carboxylic acids is 1. The topological polar surface area (TPSA) is 17.1 Å². The normalized spacial score (nSPS) is 14.9. The Hall–Kier alpha value is -0.590. The van der Waals surface area contributed by atoms with Crippen molar-refractivity contribution in [2.75, 3.05) is 0 Å². The van der Waals surface area contributed by atoms with Gasteiger partial charge in [-0.1, -0.05) is 26.8 Å². The number of hydrogen-bond acceptors (Lipinski definition) is 1. The van der Waals surface area contributed by atoms with Crippen molar-refractivity contribution in [2.45, 2.75) is 33.6 Å². The maximum atomic E-state index is 10.4. The van der Waals surface area contributed by atoms with Crippen LogP contribution in [0.3, 0.4) is 0 Å². The lowest BCUT2D eigenvalue weighted by Crippen LogP contribution is -1.98. The van der Waals surface area contributed by atoms with Gasteiger partial charge in [0.2, 0.25) is 0 Å². The summed E-state index contributed by atoms with van der Waals surface area (Å²) in [5, 5.41) is 0. The van der Waals surface area contributed by atoms with E-state index in [2.05, 4.69) is 13.8 Å². The van der Waals surface area contributed by atoms with Crippen LogP contribution in [0.1, 0.15) is 33.6 Å². The highest BCUT2D eigenvalue weighted by molar-refractivity contribution is 5.73. The van der Waals surface area contributed by atoms with Crippen LogP contribution < -0.4 is 0 Å². The first-order valence-corrected chi connectivity index (χ1v) is 3.91. The molecule has 0 aromatic heterocycles. The molecule has 0 saturated heterocycles. The van der Waals surface area contributed by atoms with Crippen molar-refractivity contribution in [3.05, 3.63) is 11.6 Å². The minimum atomic E-state index is 0.428. The molecule has 0 fully saturated rings. The molecule has 0 rings (SSSR count). The second-order valence-electron chi connectivity index (χ2n) is 2.54. The van der Waals surface area contributed by atoms with Gasteiger partial charge >= 0.3 is 0 Å². The fourth-order valence-corrected chi connectivity index (χ4v) is 0.837. The molecule has 0 amide bonds. The summed E-state index contributed by atoms with van der Waals surface area (Å²) in [6.07, 6.45) is 4.97. The molecule has 1 unspecified atom stereocenters. The van der Waals surface area contributed by atoms with Crippen molar-refractivity contribution >= 4 is 6.29 Å². The summed E-state index contributed by atoms with van der Waals surface area (Å²) in [4.78, 5) is 10.4. The Labute approximate surface area is 63.1 Å². The van der Waals surface area contributed by atoms with E-state index in [1.165, 1.54) is 0 Å². The molecular formula is C9H16O. The predicted octanol–water partition coefficient (Wildman–Crippen LogP) is 2.57. The zero-order valence-corrected chi connectivity index (χ0v) is 7.05. The molecule has 0 N–H and O–H groups in total. The number of carbonyl (C=O) groups is 1. The average molecular weight is 140 g/mol. The van der Waals surface area contributed by atoms with E-state index in [1.807, 2.05) is 13.0 Å². The first-order valence-electron chi connectivity index (χ1n) is 3.91. The summed E-state index contributed by atoms with van der Waals surface area (Å²) in [5.74, 6) is 0.428. The van der Waals surface area contributed by atoms with Gasteiger partial charge in [0.25, 0.3) is 0 Å². The van der Waals surface area contributed by atoms with E-state index in [9.17, 15) is 4.79 Å². The van der Waals surface area contributed by atoms with E-state index in [4.69, 9.17) is 0 Å². The fourth-order valence-electron chi connectivity index (χ4n) is 0.837. The predicted molar refractivity (Wildman–Crippen MR) is 43.9 cm³/mol. The van der Waals surface area contributed by atoms with Crippen LogP contribution in [0.15, 0.2) is 11.6 Å². The summed E-state index contributed by atoms with van der Waals surface area (Å²) in [5.41, 5.74) is 0.949. The zero-order valence-electron chi connectivity index (χ0n) is 7.05. The maximum Gasteiger partial charge on any atom is 0.145 e. The largest absolute Gasteiger partial charge is 0.298 e. The van der Waals surface area contributed by atoms with Crippen molar-refractivity contribution in [3.8, 4) is 0 Å². The molecule has 1 heteroatoms. The molecular weight excluding hydrogens is 124 g/mol. The van der Waals surface area contributed by atoms with Gasteiger partial charge in [-0.05, 0) is 24.3 Å². The third kappa shape index (κ3) is 2.81. The molecule has 0 saturated carbocycles. The molecule has 0 heterocycles. The summed E-state index contributed by atoms with van der Waals surface area (Å²) in [6.45, 7) is 6.22. The van der Waals surface area contributed by atoms with Gasteiger partial charge < -0.3 is 0 Å². The molecule has 1 nitrogen and oxygen atoms in total. The van der Waals surface area contributed by atoms with E-state index in [0.717, 1.165) is 24.7 Å². The van der Waals surface area contributed by atoms with Crippen LogP contribution in [0.2, 0.25) is 0 Å². The Balaban J connectivity index is 4.05. The van der Waals surface area contributed by atoms with Crippen molar-refractivity contribution in [1.82, 2.24) is 0 Å². The molecule has 10 heavy (non-hydrogen) atoms. The third-order valence-electron chi connectivity index (χ3n) is 1.76. The Morgan fingerprint density at radius 2 is 2.10 bits per heavy atom. The lowest BCUT2D eigenvalue weighted by atomic mass is 9.99. The average Bonchev–Trinajstić information content (AvgIpc) is 1.99. The Morgan fingerprint density at radius 3 is 2.40 bits per heavy atom. The van der Waals surface area contributed by atoms with Gasteiger partial charge in [0.15, 0.2) is 0 Å². The zero-order chi connectivity index (χ0) is 7.98. The molecule has 0 aromatic carbocycles. The molecule has 1 atom stereocenters. The van der Waals surface area contributed by atoms with Gasteiger partial charge in [0.05, 0.1) is 0 Å². The van der Waals surface area contributed by atoms with Crippen LogP contribution in [0, 0.1) is 5.92 Å². The Bertz CT molecular complexity index is 125. The summed E-state index contributed by atoms with van der Waals surface area (Å²) in [7, 11) is 0. The van der Waals surface area contributed by atoms with Crippen LogP contribution >= 0.6 is 0 Å². The smallest absolute Gasteiger partial charge is 0.145 e. The van der Waals surface area contributed by atoms with Gasteiger partial charge in [0, 0.05) is 0 Å². The van der Waals surface area contributed by atoms with Crippen molar-refractivity contribution in [3.63, 3.8) is 0 Å². The molecule has 0 bridgehead atoms. The van der Waals surface area contributed by atoms with Gasteiger partial charge in [0.1, 0.15) is 6.29 Å². The second kappa shape index (κ2) is 5.21. The molecule has 0 aliphatic rings. The molecule has 0 aliphatic carbocycles. The highest BCUT2D eigenvalue weighted by atomic mass is 16.1. The minimum Gasteiger partial charge on any atom is -0.298 e. The molecule has 0 aromatic rings. The van der Waals surface area contributed by atoms with E-state index in [1.54, 1.807) is 0 Å². The van der Waals surface area contributed by atoms with Gasteiger partial charge in [-0.15, -0.1) is 0 Å². The van der Waals surface area contributed by atoms with Gasteiger partial charge in [-0.3, -0.25) is 4.79 Å². The first kappa shape index (κ1) is 9.41. The lowest BCUT2D eigenvalue weighted by Gasteiger charge is -2.05. The number of aldehydes is 1. The van der Waals surface area contributed by atoms with Crippen molar-refractivity contribution < 1.29 is 4.79 Å². The van der Waals surface area contributed by atoms with E-state index in [-0.39, 0.29) is 0 Å². The van der Waals surface area contributed by atoms with Crippen molar-refractivity contribution in [1.29, 1.82) is 0 Å². The van der Waals surface area contributed by atoms with Crippen LogP contribution in [0.5, 0.6) is 0 Å². The molecule has 0 radical (unpaired) electrons. The quantitative estimate of drug-likeness (QED) is 0.433. The molecule has 0 spiro atoms. The third-order valence-corrected chi connectivity index (χ3v) is 1.76. The Morgan fingerprint density at radius 1 is 1.50 bits per heavy atom. The van der Waals surface area contributed by atoms with Crippen LogP contribution in [-0.2, 0) is 4.79 Å². The van der Waals surface area contributed by atoms with Crippen LogP contribution in [0.4, 0.5) is 0 Å². The highest BCUT2D eigenvalue weighted by Gasteiger charge is 2.02. The molecule has 58 valence electrons. The van der Waals surface area contributed by atoms with Gasteiger partial charge in [-0.2, -0.15) is 0 Å². The monoisotopic (exact) mass is 140 g/mol. The number of hydrogen-bond donors (Lipinski definition) is 0. The SMILES string of the molecule is CCC=C(C=O)C(C)CC. The standard InChI is InChI=1S/C9H16O/c1-4-6-9(7-10)8(3)5-2/h6-8H,4-5H2,1-3H3. The van der Waals surface area contributed by atoms with E-state index >= 15 is 0 Å². The summed E-state index contributed by atoms with van der Waals surface area (Å²) < 4.78 is 0. The lowest BCUT2D eigenvalue weighted by molar-refractivity contribution is -0.105. The van der Waals surface area contributed by atoms with E-state index in [0.29, 0.717) is 5.92 Å². The van der Waals surface area contributed by atoms with Crippen LogP contribution in [-0.4, -0.2) is 6.29 Å². The van der Waals surface area contributed by atoms with Crippen LogP contribution in [0.25, 0.3) is 0 Å². The summed E-state index contributed by atoms with van der Waals surface area (Å²) >= 11 is 0. The maximum absolute atomic E-state index is 10.4. The molecule has 0 aliphatic heterocycles. The second-order valence-corrected chi connectivity index (χ2v) is 2.54.